The van der Waals surface area contributed by atoms with Crippen LogP contribution in [0.25, 0.3) is 0 Å². The van der Waals surface area contributed by atoms with Crippen LogP contribution in [0.4, 0.5) is 19.3 Å². The third-order valence-corrected chi connectivity index (χ3v) is 3.41. The molecule has 0 bridgehead atoms. The highest BCUT2D eigenvalue weighted by Crippen LogP contribution is 2.21. The van der Waals surface area contributed by atoms with Crippen molar-refractivity contribution in [3.63, 3.8) is 0 Å². The fraction of sp³-hybridized carbons (Fsp3) is 0.235. The number of urea groups is 1. The van der Waals surface area contributed by atoms with Crippen LogP contribution in [0.2, 0.25) is 0 Å². The third kappa shape index (κ3) is 4.42. The van der Waals surface area contributed by atoms with Crippen LogP contribution in [-0.4, -0.2) is 13.1 Å². The molecular formula is C17H18F2N2O2. The lowest BCUT2D eigenvalue weighted by Crippen LogP contribution is -2.32. The van der Waals surface area contributed by atoms with Crippen molar-refractivity contribution in [2.45, 2.75) is 19.4 Å². The van der Waals surface area contributed by atoms with Gasteiger partial charge < -0.3 is 15.4 Å². The molecule has 1 atom stereocenters. The van der Waals surface area contributed by atoms with Crippen LogP contribution in [0.15, 0.2) is 42.5 Å². The van der Waals surface area contributed by atoms with Gasteiger partial charge in [-0.2, -0.15) is 0 Å². The van der Waals surface area contributed by atoms with E-state index in [1.165, 1.54) is 6.07 Å². The number of hydrogen-bond acceptors (Lipinski definition) is 2. The van der Waals surface area contributed by atoms with Crippen molar-refractivity contribution < 1.29 is 18.3 Å². The second kappa shape index (κ2) is 7.58. The van der Waals surface area contributed by atoms with Crippen LogP contribution in [0.5, 0.6) is 5.75 Å². The van der Waals surface area contributed by atoms with Crippen LogP contribution in [0, 0.1) is 11.6 Å². The lowest BCUT2D eigenvalue weighted by Gasteiger charge is -2.18. The van der Waals surface area contributed by atoms with E-state index in [1.807, 2.05) is 19.1 Å². The highest BCUT2D eigenvalue weighted by molar-refractivity contribution is 5.89. The average molecular weight is 320 g/mol. The van der Waals surface area contributed by atoms with Gasteiger partial charge in [-0.15, -0.1) is 0 Å². The summed E-state index contributed by atoms with van der Waals surface area (Å²) in [5.74, 6) is -0.794. The molecule has 0 aliphatic carbocycles. The molecule has 4 nitrogen and oxygen atoms in total. The molecule has 0 aromatic heterocycles. The summed E-state index contributed by atoms with van der Waals surface area (Å²) < 4.78 is 31.5. The van der Waals surface area contributed by atoms with Crippen molar-refractivity contribution in [2.24, 2.45) is 0 Å². The van der Waals surface area contributed by atoms with Crippen LogP contribution in [0.3, 0.4) is 0 Å². The minimum atomic E-state index is -0.822. The van der Waals surface area contributed by atoms with E-state index in [9.17, 15) is 13.6 Å². The number of benzene rings is 2. The topological polar surface area (TPSA) is 50.4 Å². The minimum absolute atomic E-state index is 0.0755. The van der Waals surface area contributed by atoms with Crippen LogP contribution >= 0.6 is 0 Å². The van der Waals surface area contributed by atoms with Crippen molar-refractivity contribution >= 4 is 11.7 Å². The number of carbonyl (C=O) groups excluding carboxylic acids is 1. The predicted molar refractivity (Wildman–Crippen MR) is 84.5 cm³/mol. The molecule has 23 heavy (non-hydrogen) atoms. The number of amides is 2. The molecule has 6 heteroatoms. The summed E-state index contributed by atoms with van der Waals surface area (Å²) in [6, 6.07) is 9.50. The molecule has 0 radical (unpaired) electrons. The summed E-state index contributed by atoms with van der Waals surface area (Å²) in [6.45, 7) is 1.92. The first-order valence-electron chi connectivity index (χ1n) is 7.20. The van der Waals surface area contributed by atoms with Gasteiger partial charge in [0.05, 0.1) is 18.8 Å². The van der Waals surface area contributed by atoms with Gasteiger partial charge in [-0.25, -0.2) is 13.6 Å². The molecule has 0 spiro atoms. The van der Waals surface area contributed by atoms with Crippen LogP contribution < -0.4 is 15.4 Å². The molecule has 2 amide bonds. The summed E-state index contributed by atoms with van der Waals surface area (Å²) in [5, 5.41) is 5.14. The Labute approximate surface area is 133 Å². The van der Waals surface area contributed by atoms with Gasteiger partial charge in [0, 0.05) is 6.07 Å². The molecule has 2 aromatic carbocycles. The Morgan fingerprint density at radius 1 is 1.17 bits per heavy atom. The number of carbonyl (C=O) groups is 1. The van der Waals surface area contributed by atoms with Gasteiger partial charge >= 0.3 is 6.03 Å². The predicted octanol–water partition coefficient (Wildman–Crippen LogP) is 4.25. The summed E-state index contributed by atoms with van der Waals surface area (Å²) >= 11 is 0. The van der Waals surface area contributed by atoms with E-state index in [1.54, 1.807) is 19.2 Å². The number of rotatable bonds is 5. The van der Waals surface area contributed by atoms with E-state index in [0.717, 1.165) is 23.4 Å². The molecule has 1 unspecified atom stereocenters. The second-order valence-electron chi connectivity index (χ2n) is 4.96. The number of anilines is 1. The van der Waals surface area contributed by atoms with Gasteiger partial charge in [-0.3, -0.25) is 0 Å². The quantitative estimate of drug-likeness (QED) is 0.865. The lowest BCUT2D eigenvalue weighted by molar-refractivity contribution is 0.248. The first kappa shape index (κ1) is 16.7. The summed E-state index contributed by atoms with van der Waals surface area (Å²) in [4.78, 5) is 12.0. The standard InChI is InChI=1S/C17H18F2N2O2/c1-3-15(11-4-7-13(23-2)8-5-11)20-17(22)21-16-9-6-12(18)10-14(16)19/h4-10,15H,3H2,1-2H3,(H2,20,21,22). The molecule has 2 aromatic rings. The Morgan fingerprint density at radius 3 is 2.43 bits per heavy atom. The smallest absolute Gasteiger partial charge is 0.319 e. The van der Waals surface area contributed by atoms with E-state index in [-0.39, 0.29) is 11.7 Å². The van der Waals surface area contributed by atoms with Crippen LogP contribution in [0.1, 0.15) is 24.9 Å². The number of nitrogens with one attached hydrogen (secondary N) is 2. The van der Waals surface area contributed by atoms with Crippen molar-refractivity contribution in [2.75, 3.05) is 12.4 Å². The summed E-state index contributed by atoms with van der Waals surface area (Å²) in [7, 11) is 1.58. The zero-order valence-electron chi connectivity index (χ0n) is 12.9. The fourth-order valence-corrected chi connectivity index (χ4v) is 2.16. The Kier molecular flexibility index (Phi) is 5.51. The maximum Gasteiger partial charge on any atom is 0.319 e. The molecule has 0 fully saturated rings. The van der Waals surface area contributed by atoms with E-state index in [4.69, 9.17) is 4.74 Å². The fourth-order valence-electron chi connectivity index (χ4n) is 2.16. The largest absolute Gasteiger partial charge is 0.497 e. The molecular weight excluding hydrogens is 302 g/mol. The van der Waals surface area contributed by atoms with Crippen molar-refractivity contribution in [3.8, 4) is 5.75 Å². The van der Waals surface area contributed by atoms with Crippen molar-refractivity contribution in [1.29, 1.82) is 0 Å². The third-order valence-electron chi connectivity index (χ3n) is 3.41. The summed E-state index contributed by atoms with van der Waals surface area (Å²) in [6.07, 6.45) is 0.658. The van der Waals surface area contributed by atoms with E-state index < -0.39 is 17.7 Å². The number of halogens is 2. The van der Waals surface area contributed by atoms with E-state index in [2.05, 4.69) is 10.6 Å². The highest BCUT2D eigenvalue weighted by atomic mass is 19.1. The Bertz CT molecular complexity index is 675. The molecule has 2 N–H and O–H groups in total. The van der Waals surface area contributed by atoms with Gasteiger partial charge in [-0.1, -0.05) is 19.1 Å². The zero-order valence-corrected chi connectivity index (χ0v) is 12.9. The first-order chi connectivity index (χ1) is 11.0. The normalized spacial score (nSPS) is 11.7. The Hall–Kier alpha value is -2.63. The van der Waals surface area contributed by atoms with Crippen molar-refractivity contribution in [1.82, 2.24) is 5.32 Å². The van der Waals surface area contributed by atoms with Crippen LogP contribution in [-0.2, 0) is 0 Å². The van der Waals surface area contributed by atoms with Gasteiger partial charge in [0.1, 0.15) is 17.4 Å². The maximum absolute atomic E-state index is 13.5. The number of ether oxygens (including phenoxy) is 1. The van der Waals surface area contributed by atoms with E-state index in [0.29, 0.717) is 6.42 Å². The first-order valence-corrected chi connectivity index (χ1v) is 7.20. The monoisotopic (exact) mass is 320 g/mol. The average Bonchev–Trinajstić information content (AvgIpc) is 2.55. The van der Waals surface area contributed by atoms with Gasteiger partial charge in [0.2, 0.25) is 0 Å². The number of hydrogen-bond donors (Lipinski definition) is 2. The van der Waals surface area contributed by atoms with Gasteiger partial charge in [0.15, 0.2) is 0 Å². The molecule has 2 rings (SSSR count). The molecule has 0 saturated heterocycles. The minimum Gasteiger partial charge on any atom is -0.497 e. The Balaban J connectivity index is 2.04. The molecule has 0 heterocycles. The highest BCUT2D eigenvalue weighted by Gasteiger charge is 2.14. The Morgan fingerprint density at radius 2 is 1.87 bits per heavy atom. The molecule has 122 valence electrons. The van der Waals surface area contributed by atoms with E-state index >= 15 is 0 Å². The van der Waals surface area contributed by atoms with Crippen molar-refractivity contribution in [3.05, 3.63) is 59.7 Å². The van der Waals surface area contributed by atoms with Gasteiger partial charge in [0.25, 0.3) is 0 Å². The maximum atomic E-state index is 13.5. The molecule has 0 saturated carbocycles. The zero-order chi connectivity index (χ0) is 16.8. The van der Waals surface area contributed by atoms with Gasteiger partial charge in [-0.05, 0) is 36.2 Å². The molecule has 0 aliphatic heterocycles. The number of methoxy groups -OCH3 is 1. The lowest BCUT2D eigenvalue weighted by atomic mass is 10.0. The molecule has 0 aliphatic rings. The summed E-state index contributed by atoms with van der Waals surface area (Å²) in [5.41, 5.74) is 0.830. The second-order valence-corrected chi connectivity index (χ2v) is 4.96. The SMILES string of the molecule is CCC(NC(=O)Nc1ccc(F)cc1F)c1ccc(OC)cc1.